The Hall–Kier alpha value is -2.49. The molecule has 1 aliphatic heterocycles. The van der Waals surface area contributed by atoms with Crippen molar-refractivity contribution in [2.45, 2.75) is 6.10 Å². The fourth-order valence-corrected chi connectivity index (χ4v) is 3.20. The molecule has 1 N–H and O–H groups in total. The molecule has 0 unspecified atom stereocenters. The van der Waals surface area contributed by atoms with Crippen molar-refractivity contribution in [2.75, 3.05) is 31.6 Å². The highest BCUT2D eigenvalue weighted by Gasteiger charge is 2.26. The molecule has 124 valence electrons. The van der Waals surface area contributed by atoms with Crippen LogP contribution in [0.25, 0.3) is 0 Å². The van der Waals surface area contributed by atoms with Gasteiger partial charge in [0.25, 0.3) is 0 Å². The minimum atomic E-state index is -0.171. The summed E-state index contributed by atoms with van der Waals surface area (Å²) >= 11 is 1.62. The van der Waals surface area contributed by atoms with Gasteiger partial charge in [-0.25, -0.2) is 4.79 Å². The first-order valence-corrected chi connectivity index (χ1v) is 8.57. The molecule has 0 spiro atoms. The molecular formula is C18H18N2O3S. The first kappa shape index (κ1) is 16.4. The van der Waals surface area contributed by atoms with Gasteiger partial charge in [0.15, 0.2) is 0 Å². The summed E-state index contributed by atoms with van der Waals surface area (Å²) in [6, 6.07) is 9.10. The number of nitrogens with zero attached hydrogens (tertiary/aromatic N) is 1. The number of benzene rings is 1. The minimum Gasteiger partial charge on any atom is -0.479 e. The Kier molecular flexibility index (Phi) is 5.36. The molecular weight excluding hydrogens is 324 g/mol. The first-order valence-electron chi connectivity index (χ1n) is 7.63. The van der Waals surface area contributed by atoms with E-state index in [0.717, 1.165) is 5.56 Å². The van der Waals surface area contributed by atoms with Gasteiger partial charge in [-0.1, -0.05) is 18.1 Å². The Morgan fingerprint density at radius 1 is 1.46 bits per heavy atom. The molecule has 3 rings (SSSR count). The van der Waals surface area contributed by atoms with Gasteiger partial charge in [-0.15, -0.1) is 6.42 Å². The Balaban J connectivity index is 1.66. The van der Waals surface area contributed by atoms with Gasteiger partial charge in [0, 0.05) is 6.54 Å². The van der Waals surface area contributed by atoms with E-state index < -0.39 is 0 Å². The second-order valence-electron chi connectivity index (χ2n) is 5.28. The van der Waals surface area contributed by atoms with Crippen LogP contribution in [0.2, 0.25) is 0 Å². The maximum atomic E-state index is 12.6. The third-order valence-electron chi connectivity index (χ3n) is 3.71. The third kappa shape index (κ3) is 3.88. The maximum Gasteiger partial charge on any atom is 0.322 e. The first-order chi connectivity index (χ1) is 11.8. The van der Waals surface area contributed by atoms with Crippen molar-refractivity contribution >= 4 is 23.1 Å². The van der Waals surface area contributed by atoms with Gasteiger partial charge >= 0.3 is 6.03 Å². The van der Waals surface area contributed by atoms with Crippen molar-refractivity contribution < 1.29 is 14.3 Å². The molecule has 1 aliphatic rings. The highest BCUT2D eigenvalue weighted by atomic mass is 32.1. The summed E-state index contributed by atoms with van der Waals surface area (Å²) < 4.78 is 11.2. The number of ether oxygens (including phenoxy) is 2. The van der Waals surface area contributed by atoms with Crippen molar-refractivity contribution in [3.63, 3.8) is 0 Å². The van der Waals surface area contributed by atoms with Gasteiger partial charge in [-0.05, 0) is 34.5 Å². The fraction of sp³-hybridized carbons (Fsp3) is 0.278. The highest BCUT2D eigenvalue weighted by Crippen LogP contribution is 2.27. The van der Waals surface area contributed by atoms with Crippen LogP contribution >= 0.6 is 11.3 Å². The van der Waals surface area contributed by atoms with Gasteiger partial charge in [-0.2, -0.15) is 11.3 Å². The number of carbonyl (C=O) groups excluding carboxylic acids is 1. The fourth-order valence-electron chi connectivity index (χ4n) is 2.50. The van der Waals surface area contributed by atoms with Crippen LogP contribution in [0.4, 0.5) is 10.5 Å². The van der Waals surface area contributed by atoms with Gasteiger partial charge in [-0.3, -0.25) is 0 Å². The average molecular weight is 342 g/mol. The summed E-state index contributed by atoms with van der Waals surface area (Å²) in [4.78, 5) is 14.3. The lowest BCUT2D eigenvalue weighted by Gasteiger charge is -2.32. The molecule has 1 atom stereocenters. The van der Waals surface area contributed by atoms with Crippen molar-refractivity contribution in [1.29, 1.82) is 0 Å². The quantitative estimate of drug-likeness (QED) is 0.867. The number of urea groups is 1. The second-order valence-corrected chi connectivity index (χ2v) is 6.06. The molecule has 6 heteroatoms. The number of morpholine rings is 1. The van der Waals surface area contributed by atoms with Crippen LogP contribution < -0.4 is 10.1 Å². The standard InChI is InChI=1S/C18H18N2O3S/c1-2-9-22-16-6-4-3-5-15(16)19-18(21)20-8-10-23-17(12-20)14-7-11-24-13-14/h1,3-7,11,13,17H,8-10,12H2,(H,19,21)/t17-/m0/s1. The summed E-state index contributed by atoms with van der Waals surface area (Å²) in [5.74, 6) is 2.98. The zero-order valence-corrected chi connectivity index (χ0v) is 13.9. The van der Waals surface area contributed by atoms with Crippen LogP contribution in [-0.4, -0.2) is 37.2 Å². The molecule has 2 aromatic rings. The Morgan fingerprint density at radius 2 is 2.33 bits per heavy atom. The number of carbonyl (C=O) groups is 1. The van der Waals surface area contributed by atoms with Crippen LogP contribution in [0.5, 0.6) is 5.75 Å². The van der Waals surface area contributed by atoms with Gasteiger partial charge in [0.05, 0.1) is 18.8 Å². The molecule has 0 radical (unpaired) electrons. The van der Waals surface area contributed by atoms with Gasteiger partial charge in [0.1, 0.15) is 18.5 Å². The third-order valence-corrected chi connectivity index (χ3v) is 4.41. The maximum absolute atomic E-state index is 12.6. The van der Waals surface area contributed by atoms with E-state index in [1.165, 1.54) is 0 Å². The molecule has 5 nitrogen and oxygen atoms in total. The number of hydrogen-bond acceptors (Lipinski definition) is 4. The Bertz CT molecular complexity index is 724. The van der Waals surface area contributed by atoms with E-state index in [0.29, 0.717) is 31.1 Å². The molecule has 0 aliphatic carbocycles. The van der Waals surface area contributed by atoms with E-state index in [9.17, 15) is 4.79 Å². The zero-order valence-electron chi connectivity index (χ0n) is 13.1. The lowest BCUT2D eigenvalue weighted by atomic mass is 10.1. The molecule has 24 heavy (non-hydrogen) atoms. The minimum absolute atomic E-state index is 0.0799. The molecule has 1 fully saturated rings. The normalized spacial score (nSPS) is 17.1. The largest absolute Gasteiger partial charge is 0.479 e. The highest BCUT2D eigenvalue weighted by molar-refractivity contribution is 7.07. The second kappa shape index (κ2) is 7.86. The SMILES string of the molecule is C#CCOc1ccccc1NC(=O)N1CCO[C@H](c2ccsc2)C1. The molecule has 1 aromatic carbocycles. The topological polar surface area (TPSA) is 50.8 Å². The van der Waals surface area contributed by atoms with E-state index in [4.69, 9.17) is 15.9 Å². The van der Waals surface area contributed by atoms with E-state index >= 15 is 0 Å². The lowest BCUT2D eigenvalue weighted by molar-refractivity contribution is -0.0132. The van der Waals surface area contributed by atoms with Gasteiger partial charge in [0.2, 0.25) is 0 Å². The van der Waals surface area contributed by atoms with E-state index in [-0.39, 0.29) is 18.7 Å². The average Bonchev–Trinajstić information content (AvgIpc) is 3.16. The molecule has 1 saturated heterocycles. The summed E-state index contributed by atoms with van der Waals surface area (Å²) in [5, 5.41) is 6.96. The number of amides is 2. The van der Waals surface area contributed by atoms with Crippen molar-refractivity contribution in [1.82, 2.24) is 4.90 Å². The van der Waals surface area contributed by atoms with E-state index in [2.05, 4.69) is 16.6 Å². The zero-order chi connectivity index (χ0) is 16.8. The number of thiophene rings is 1. The van der Waals surface area contributed by atoms with Crippen LogP contribution in [0.15, 0.2) is 41.1 Å². The monoisotopic (exact) mass is 342 g/mol. The van der Waals surface area contributed by atoms with Crippen molar-refractivity contribution in [3.05, 3.63) is 46.7 Å². The molecule has 0 saturated carbocycles. The Morgan fingerprint density at radius 3 is 3.12 bits per heavy atom. The predicted octanol–water partition coefficient (Wildman–Crippen LogP) is 3.37. The molecule has 0 bridgehead atoms. The number of para-hydroxylation sites is 2. The number of rotatable bonds is 4. The summed E-state index contributed by atoms with van der Waals surface area (Å²) in [7, 11) is 0. The Labute approximate surface area is 145 Å². The molecule has 2 heterocycles. The number of nitrogens with one attached hydrogen (secondary N) is 1. The van der Waals surface area contributed by atoms with E-state index in [1.807, 2.05) is 23.6 Å². The molecule has 2 amide bonds. The summed E-state index contributed by atoms with van der Waals surface area (Å²) in [5.41, 5.74) is 1.71. The van der Waals surface area contributed by atoms with Gasteiger partial charge < -0.3 is 19.7 Å². The van der Waals surface area contributed by atoms with Crippen LogP contribution in [-0.2, 0) is 4.74 Å². The summed E-state index contributed by atoms with van der Waals surface area (Å²) in [6.45, 7) is 1.75. The van der Waals surface area contributed by atoms with Crippen LogP contribution in [0, 0.1) is 12.3 Å². The number of anilines is 1. The smallest absolute Gasteiger partial charge is 0.322 e. The van der Waals surface area contributed by atoms with Crippen molar-refractivity contribution in [3.8, 4) is 18.1 Å². The van der Waals surface area contributed by atoms with Crippen LogP contribution in [0.3, 0.4) is 0 Å². The van der Waals surface area contributed by atoms with Crippen LogP contribution in [0.1, 0.15) is 11.7 Å². The predicted molar refractivity (Wildman–Crippen MR) is 94.4 cm³/mol. The molecule has 1 aromatic heterocycles. The van der Waals surface area contributed by atoms with Crippen molar-refractivity contribution in [2.24, 2.45) is 0 Å². The number of terminal acetylenes is 1. The van der Waals surface area contributed by atoms with E-state index in [1.54, 1.807) is 28.4 Å². The number of hydrogen-bond donors (Lipinski definition) is 1. The summed E-state index contributed by atoms with van der Waals surface area (Å²) in [6.07, 6.45) is 5.14. The lowest BCUT2D eigenvalue weighted by Crippen LogP contribution is -2.44.